The molecule has 47 heavy (non-hydrogen) atoms. The van der Waals surface area contributed by atoms with Crippen LogP contribution in [0.3, 0.4) is 0 Å². The quantitative estimate of drug-likeness (QED) is 0.172. The van der Waals surface area contributed by atoms with Crippen LogP contribution in [0.15, 0.2) is 92.8 Å². The number of anilines is 1. The van der Waals surface area contributed by atoms with E-state index in [1.165, 1.54) is 4.57 Å². The summed E-state index contributed by atoms with van der Waals surface area (Å²) >= 11 is 0. The first-order valence-electron chi connectivity index (χ1n) is 15.8. The van der Waals surface area contributed by atoms with Crippen LogP contribution in [0.2, 0.25) is 0 Å². The molecule has 4 heterocycles. The summed E-state index contributed by atoms with van der Waals surface area (Å²) in [6.45, 7) is 5.08. The Kier molecular flexibility index (Phi) is 10.3. The second-order valence-electron chi connectivity index (χ2n) is 11.3. The Morgan fingerprint density at radius 3 is 2.55 bits per heavy atom. The van der Waals surface area contributed by atoms with Crippen molar-refractivity contribution in [3.05, 3.63) is 118 Å². The van der Waals surface area contributed by atoms with Crippen molar-refractivity contribution in [1.29, 1.82) is 0 Å². The fraction of sp³-hybridized carbons (Fsp3) is 0.306. The van der Waals surface area contributed by atoms with Gasteiger partial charge in [0.1, 0.15) is 24.4 Å². The summed E-state index contributed by atoms with van der Waals surface area (Å²) in [5.74, 6) is 2.25. The first kappa shape index (κ1) is 31.7. The standard InChI is InChI=1S/C36H39N5O6/c1-44-30-14-11-28(24-32(30)45-25-29-26-46-34(38-29)16-13-27-8-3-2-4-9-27)12-15-31-35(42)41(36(43)47-31)19-7-18-39-20-22-40(23-21-39)33-10-5-6-17-37-33/h2-6,8-11,13-14,16-17,24,26,42H,7,12,15,18-23,25H2,1H3. The fourth-order valence-electron chi connectivity index (χ4n) is 5.59. The van der Waals surface area contributed by atoms with Crippen molar-refractivity contribution in [1.82, 2.24) is 19.4 Å². The average molecular weight is 638 g/mol. The molecule has 1 fully saturated rings. The van der Waals surface area contributed by atoms with Crippen molar-refractivity contribution in [2.75, 3.05) is 44.7 Å². The number of rotatable bonds is 14. The number of piperazine rings is 1. The van der Waals surface area contributed by atoms with Crippen molar-refractivity contribution in [3.8, 4) is 17.4 Å². The SMILES string of the molecule is COc1ccc(CCc2oc(=O)n(CCCN3CCN(c4ccccn4)CC3)c2O)cc1OCc1coc(C=Cc2ccccc2)n1. The molecule has 5 aromatic rings. The van der Waals surface area contributed by atoms with E-state index in [4.69, 9.17) is 18.3 Å². The van der Waals surface area contributed by atoms with Gasteiger partial charge in [0.05, 0.1) is 7.11 Å². The van der Waals surface area contributed by atoms with Gasteiger partial charge in [-0.15, -0.1) is 0 Å². The predicted octanol–water partition coefficient (Wildman–Crippen LogP) is 5.29. The van der Waals surface area contributed by atoms with Gasteiger partial charge < -0.3 is 28.3 Å². The number of methoxy groups -OCH3 is 1. The highest BCUT2D eigenvalue weighted by Gasteiger charge is 2.20. The largest absolute Gasteiger partial charge is 0.493 e. The normalized spacial score (nSPS) is 13.8. The van der Waals surface area contributed by atoms with Crippen molar-refractivity contribution < 1.29 is 23.4 Å². The van der Waals surface area contributed by atoms with Crippen molar-refractivity contribution in [2.45, 2.75) is 32.4 Å². The first-order valence-corrected chi connectivity index (χ1v) is 15.8. The lowest BCUT2D eigenvalue weighted by atomic mass is 10.1. The van der Waals surface area contributed by atoms with Gasteiger partial charge in [-0.1, -0.05) is 42.5 Å². The number of ether oxygens (including phenoxy) is 2. The molecule has 6 rings (SSSR count). The number of hydrogen-bond donors (Lipinski definition) is 1. The van der Waals surface area contributed by atoms with Crippen LogP contribution in [0.25, 0.3) is 12.2 Å². The monoisotopic (exact) mass is 637 g/mol. The Hall–Kier alpha value is -5.29. The Bertz CT molecular complexity index is 1810. The highest BCUT2D eigenvalue weighted by Crippen LogP contribution is 2.30. The van der Waals surface area contributed by atoms with Gasteiger partial charge in [0.2, 0.25) is 11.8 Å². The maximum absolute atomic E-state index is 12.6. The van der Waals surface area contributed by atoms with Gasteiger partial charge in [-0.05, 0) is 60.9 Å². The minimum absolute atomic E-state index is 0.108. The number of nitrogens with zero attached hydrogens (tertiary/aromatic N) is 5. The van der Waals surface area contributed by atoms with Gasteiger partial charge in [-0.3, -0.25) is 4.90 Å². The van der Waals surface area contributed by atoms with Crippen LogP contribution in [0, 0.1) is 0 Å². The van der Waals surface area contributed by atoms with E-state index in [-0.39, 0.29) is 18.2 Å². The maximum atomic E-state index is 12.6. The van der Waals surface area contributed by atoms with Crippen LogP contribution in [-0.2, 0) is 26.0 Å². The summed E-state index contributed by atoms with van der Waals surface area (Å²) < 4.78 is 23.9. The third kappa shape index (κ3) is 8.30. The molecular formula is C36H39N5O6. The molecule has 0 bridgehead atoms. The molecule has 1 aliphatic rings. The summed E-state index contributed by atoms with van der Waals surface area (Å²) in [7, 11) is 1.59. The van der Waals surface area contributed by atoms with Gasteiger partial charge in [0.15, 0.2) is 17.3 Å². The van der Waals surface area contributed by atoms with E-state index in [1.807, 2.05) is 85.1 Å². The Balaban J connectivity index is 0.989. The van der Waals surface area contributed by atoms with Gasteiger partial charge in [0, 0.05) is 51.4 Å². The summed E-state index contributed by atoms with van der Waals surface area (Å²) in [5, 5.41) is 10.8. The fourth-order valence-corrected chi connectivity index (χ4v) is 5.59. The minimum atomic E-state index is -0.540. The van der Waals surface area contributed by atoms with Crippen LogP contribution in [-0.4, -0.2) is 64.4 Å². The zero-order valence-corrected chi connectivity index (χ0v) is 26.5. The molecule has 11 nitrogen and oxygen atoms in total. The van der Waals surface area contributed by atoms with Gasteiger partial charge in [0.25, 0.3) is 0 Å². The van der Waals surface area contributed by atoms with E-state index in [9.17, 15) is 9.90 Å². The van der Waals surface area contributed by atoms with E-state index in [2.05, 4.69) is 19.8 Å². The van der Waals surface area contributed by atoms with Crippen LogP contribution in [0.4, 0.5) is 5.82 Å². The molecule has 3 aromatic heterocycles. The number of oxazole rings is 2. The number of aromatic hydroxyl groups is 1. The number of pyridine rings is 1. The van der Waals surface area contributed by atoms with E-state index in [1.54, 1.807) is 13.4 Å². The summed E-state index contributed by atoms with van der Waals surface area (Å²) in [6, 6.07) is 21.5. The lowest BCUT2D eigenvalue weighted by molar-refractivity contribution is 0.247. The number of hydrogen-bond acceptors (Lipinski definition) is 10. The maximum Gasteiger partial charge on any atom is 0.422 e. The molecule has 0 saturated carbocycles. The molecule has 0 spiro atoms. The van der Waals surface area contributed by atoms with E-state index >= 15 is 0 Å². The van der Waals surface area contributed by atoms with Crippen molar-refractivity contribution in [2.24, 2.45) is 0 Å². The average Bonchev–Trinajstić information content (AvgIpc) is 3.69. The van der Waals surface area contributed by atoms with Crippen LogP contribution >= 0.6 is 0 Å². The molecule has 0 unspecified atom stereocenters. The molecule has 0 aliphatic carbocycles. The number of benzene rings is 2. The van der Waals surface area contributed by atoms with Gasteiger partial charge >= 0.3 is 5.76 Å². The summed E-state index contributed by atoms with van der Waals surface area (Å²) in [4.78, 5) is 26.2. The van der Waals surface area contributed by atoms with Crippen molar-refractivity contribution in [3.63, 3.8) is 0 Å². The predicted molar refractivity (Wildman–Crippen MR) is 179 cm³/mol. The number of aromatic nitrogens is 3. The molecule has 1 N–H and O–H groups in total. The highest BCUT2D eigenvalue weighted by atomic mass is 16.5. The zero-order chi connectivity index (χ0) is 32.4. The van der Waals surface area contributed by atoms with E-state index in [0.717, 1.165) is 56.1 Å². The minimum Gasteiger partial charge on any atom is -0.493 e. The lowest BCUT2D eigenvalue weighted by Gasteiger charge is -2.35. The van der Waals surface area contributed by atoms with Crippen molar-refractivity contribution >= 4 is 18.0 Å². The van der Waals surface area contributed by atoms with Crippen LogP contribution < -0.4 is 20.1 Å². The van der Waals surface area contributed by atoms with Gasteiger partial charge in [-0.25, -0.2) is 19.3 Å². The number of aryl methyl sites for hydroxylation is 2. The van der Waals surface area contributed by atoms with Gasteiger partial charge in [-0.2, -0.15) is 0 Å². The molecule has 11 heteroatoms. The molecule has 0 atom stereocenters. The zero-order valence-electron chi connectivity index (χ0n) is 26.5. The topological polar surface area (TPSA) is 119 Å². The molecule has 1 saturated heterocycles. The van der Waals surface area contributed by atoms with E-state index in [0.29, 0.717) is 42.5 Å². The molecule has 244 valence electrons. The molecule has 2 aromatic carbocycles. The smallest absolute Gasteiger partial charge is 0.422 e. The second kappa shape index (κ2) is 15.3. The Labute approximate surface area is 273 Å². The third-order valence-electron chi connectivity index (χ3n) is 8.17. The second-order valence-corrected chi connectivity index (χ2v) is 11.3. The molecule has 1 aliphatic heterocycles. The Morgan fingerprint density at radius 1 is 0.936 bits per heavy atom. The Morgan fingerprint density at radius 2 is 1.77 bits per heavy atom. The first-order chi connectivity index (χ1) is 23.1. The van der Waals surface area contributed by atoms with Crippen LogP contribution in [0.5, 0.6) is 17.4 Å². The molecular weight excluding hydrogens is 598 g/mol. The third-order valence-corrected chi connectivity index (χ3v) is 8.17. The summed E-state index contributed by atoms with van der Waals surface area (Å²) in [5.41, 5.74) is 2.63. The highest BCUT2D eigenvalue weighted by molar-refractivity contribution is 5.65. The van der Waals surface area contributed by atoms with E-state index < -0.39 is 5.76 Å². The summed E-state index contributed by atoms with van der Waals surface area (Å²) in [6.07, 6.45) is 8.75. The molecule has 0 radical (unpaired) electrons. The van der Waals surface area contributed by atoms with Crippen LogP contribution in [0.1, 0.15) is 34.9 Å². The lowest BCUT2D eigenvalue weighted by Crippen LogP contribution is -2.47. The molecule has 0 amide bonds.